The molecule has 4 rings (SSSR count). The number of nitrogen functional groups attached to an aromatic ring is 1. The van der Waals surface area contributed by atoms with E-state index >= 15 is 0 Å². The van der Waals surface area contributed by atoms with E-state index in [9.17, 15) is 4.79 Å². The number of hydrogen-bond acceptors (Lipinski definition) is 7. The fraction of sp³-hybridized carbons (Fsp3) is 0.583. The first-order valence-electron chi connectivity index (χ1n) is 6.61. The number of hydrogen-bond donors (Lipinski definition) is 1. The highest BCUT2D eigenvalue weighted by atomic mass is 32.2. The summed E-state index contributed by atoms with van der Waals surface area (Å²) in [6.45, 7) is 0. The summed E-state index contributed by atoms with van der Waals surface area (Å²) in [7, 11) is 0. The molecule has 2 fully saturated rings. The minimum atomic E-state index is -0.237. The number of rotatable bonds is 3. The summed E-state index contributed by atoms with van der Waals surface area (Å²) < 4.78 is 8.39. The zero-order valence-corrected chi connectivity index (χ0v) is 12.3. The first-order chi connectivity index (χ1) is 9.70. The fourth-order valence-electron chi connectivity index (χ4n) is 2.43. The van der Waals surface area contributed by atoms with Crippen molar-refractivity contribution in [2.75, 3.05) is 11.5 Å². The maximum atomic E-state index is 12.2. The van der Waals surface area contributed by atoms with Crippen LogP contribution < -0.4 is 10.6 Å². The molecule has 106 valence electrons. The number of nitrogens with two attached hydrogens (primary N) is 1. The number of nitrogens with zero attached hydrogens (tertiary/aromatic N) is 3. The fourth-order valence-corrected chi connectivity index (χ4v) is 4.48. The van der Waals surface area contributed by atoms with Gasteiger partial charge in [0.15, 0.2) is 5.65 Å². The van der Waals surface area contributed by atoms with Crippen molar-refractivity contribution in [3.05, 3.63) is 15.9 Å². The second-order valence-electron chi connectivity index (χ2n) is 5.19. The minimum Gasteiger partial charge on any atom is -0.368 e. The van der Waals surface area contributed by atoms with Crippen LogP contribution in [0.15, 0.2) is 11.0 Å². The lowest BCUT2D eigenvalue weighted by Crippen LogP contribution is -2.22. The third kappa shape index (κ3) is 2.21. The van der Waals surface area contributed by atoms with E-state index in [0.717, 1.165) is 34.1 Å². The lowest BCUT2D eigenvalue weighted by atomic mass is 10.3. The van der Waals surface area contributed by atoms with Gasteiger partial charge in [-0.3, -0.25) is 9.36 Å². The van der Waals surface area contributed by atoms with Gasteiger partial charge in [-0.1, -0.05) is 24.2 Å². The van der Waals surface area contributed by atoms with Gasteiger partial charge in [0, 0.05) is 5.75 Å². The smallest absolute Gasteiger partial charge is 0.311 e. The SMILES string of the molecule is Nc1ncc2sc(=O)n(C3CSC(CC4CC4)O3)c2n1. The van der Waals surface area contributed by atoms with Crippen molar-refractivity contribution in [2.45, 2.75) is 30.9 Å². The van der Waals surface area contributed by atoms with Crippen molar-refractivity contribution >= 4 is 39.4 Å². The predicted molar refractivity (Wildman–Crippen MR) is 79.8 cm³/mol. The second kappa shape index (κ2) is 4.71. The van der Waals surface area contributed by atoms with Gasteiger partial charge in [0.25, 0.3) is 0 Å². The van der Waals surface area contributed by atoms with Crippen molar-refractivity contribution < 1.29 is 4.74 Å². The number of aromatic nitrogens is 3. The highest BCUT2D eigenvalue weighted by Crippen LogP contribution is 2.42. The molecular formula is C12H14N4O2S2. The Morgan fingerprint density at radius 2 is 2.35 bits per heavy atom. The number of thioether (sulfide) groups is 1. The molecule has 0 bridgehead atoms. The van der Waals surface area contributed by atoms with E-state index in [2.05, 4.69) is 9.97 Å². The van der Waals surface area contributed by atoms with Gasteiger partial charge in [-0.2, -0.15) is 4.98 Å². The number of thiazole rings is 1. The van der Waals surface area contributed by atoms with Crippen LogP contribution in [0.2, 0.25) is 0 Å². The van der Waals surface area contributed by atoms with E-state index in [-0.39, 0.29) is 22.5 Å². The van der Waals surface area contributed by atoms with Crippen LogP contribution in [-0.2, 0) is 4.74 Å². The molecule has 0 aromatic carbocycles. The van der Waals surface area contributed by atoms with Crippen LogP contribution >= 0.6 is 23.1 Å². The van der Waals surface area contributed by atoms with Crippen LogP contribution in [0.5, 0.6) is 0 Å². The lowest BCUT2D eigenvalue weighted by Gasteiger charge is -2.13. The summed E-state index contributed by atoms with van der Waals surface area (Å²) in [4.78, 5) is 20.2. The topological polar surface area (TPSA) is 83.0 Å². The quantitative estimate of drug-likeness (QED) is 0.931. The number of anilines is 1. The summed E-state index contributed by atoms with van der Waals surface area (Å²) >= 11 is 2.93. The van der Waals surface area contributed by atoms with Crippen LogP contribution in [-0.4, -0.2) is 25.7 Å². The van der Waals surface area contributed by atoms with E-state index in [1.54, 1.807) is 22.5 Å². The molecule has 1 saturated carbocycles. The zero-order chi connectivity index (χ0) is 13.7. The Hall–Kier alpha value is -1.12. The Labute approximate surface area is 123 Å². The van der Waals surface area contributed by atoms with E-state index in [1.165, 1.54) is 12.8 Å². The van der Waals surface area contributed by atoms with Crippen LogP contribution in [0.3, 0.4) is 0 Å². The molecule has 1 aliphatic heterocycles. The largest absolute Gasteiger partial charge is 0.368 e. The number of fused-ring (bicyclic) bond motifs is 1. The van der Waals surface area contributed by atoms with Gasteiger partial charge in [-0.15, -0.1) is 11.8 Å². The summed E-state index contributed by atoms with van der Waals surface area (Å²) in [6.07, 6.45) is 5.09. The van der Waals surface area contributed by atoms with Crippen molar-refractivity contribution in [1.29, 1.82) is 0 Å². The maximum Gasteiger partial charge on any atom is 0.311 e. The zero-order valence-electron chi connectivity index (χ0n) is 10.7. The van der Waals surface area contributed by atoms with Crippen molar-refractivity contribution in [3.8, 4) is 0 Å². The molecule has 3 heterocycles. The molecule has 0 amide bonds. The standard InChI is InChI=1S/C12H14N4O2S2/c13-11-14-4-7-10(15-11)16(12(17)20-7)8-5-19-9(18-8)3-6-1-2-6/h4,6,8-9H,1-3,5H2,(H2,13,14,15). The highest BCUT2D eigenvalue weighted by Gasteiger charge is 2.34. The number of ether oxygens (including phenoxy) is 1. The van der Waals surface area contributed by atoms with Crippen molar-refractivity contribution in [2.24, 2.45) is 5.92 Å². The molecular weight excluding hydrogens is 296 g/mol. The molecule has 2 aromatic heterocycles. The molecule has 0 radical (unpaired) electrons. The third-order valence-electron chi connectivity index (χ3n) is 3.62. The molecule has 2 aromatic rings. The van der Waals surface area contributed by atoms with Crippen LogP contribution in [0.4, 0.5) is 5.95 Å². The Bertz CT molecular complexity index is 709. The Balaban J connectivity index is 1.66. The Morgan fingerprint density at radius 1 is 1.50 bits per heavy atom. The van der Waals surface area contributed by atoms with Gasteiger partial charge >= 0.3 is 4.87 Å². The molecule has 20 heavy (non-hydrogen) atoms. The molecule has 2 unspecified atom stereocenters. The van der Waals surface area contributed by atoms with Crippen LogP contribution in [0.25, 0.3) is 10.3 Å². The first-order valence-corrected chi connectivity index (χ1v) is 8.48. The second-order valence-corrected chi connectivity index (χ2v) is 7.37. The summed E-state index contributed by atoms with van der Waals surface area (Å²) in [5.41, 5.74) is 6.41. The van der Waals surface area contributed by atoms with Gasteiger partial charge in [0.2, 0.25) is 5.95 Å². The molecule has 1 saturated heterocycles. The van der Waals surface area contributed by atoms with Crippen molar-refractivity contribution in [3.63, 3.8) is 0 Å². The average molecular weight is 310 g/mol. The molecule has 8 heteroatoms. The van der Waals surface area contributed by atoms with Gasteiger partial charge < -0.3 is 10.5 Å². The molecule has 2 aliphatic rings. The molecule has 1 aliphatic carbocycles. The van der Waals surface area contributed by atoms with Crippen LogP contribution in [0, 0.1) is 5.92 Å². The average Bonchev–Trinajstić information content (AvgIpc) is 3.00. The molecule has 2 atom stereocenters. The third-order valence-corrected chi connectivity index (χ3v) is 5.65. The molecule has 2 N–H and O–H groups in total. The van der Waals surface area contributed by atoms with Crippen LogP contribution in [0.1, 0.15) is 25.5 Å². The minimum absolute atomic E-state index is 0.0578. The van der Waals surface area contributed by atoms with Gasteiger partial charge in [-0.25, -0.2) is 4.98 Å². The normalized spacial score (nSPS) is 26.4. The monoisotopic (exact) mass is 310 g/mol. The lowest BCUT2D eigenvalue weighted by molar-refractivity contribution is 0.0150. The maximum absolute atomic E-state index is 12.2. The van der Waals surface area contributed by atoms with Crippen molar-refractivity contribution in [1.82, 2.24) is 14.5 Å². The highest BCUT2D eigenvalue weighted by molar-refractivity contribution is 7.99. The molecule has 0 spiro atoms. The summed E-state index contributed by atoms with van der Waals surface area (Å²) in [6, 6.07) is 0. The van der Waals surface area contributed by atoms with E-state index in [0.29, 0.717) is 5.65 Å². The predicted octanol–water partition coefficient (Wildman–Crippen LogP) is 1.82. The van der Waals surface area contributed by atoms with Gasteiger partial charge in [0.05, 0.1) is 10.9 Å². The van der Waals surface area contributed by atoms with Gasteiger partial charge in [0.1, 0.15) is 11.7 Å². The van der Waals surface area contributed by atoms with Gasteiger partial charge in [-0.05, 0) is 12.3 Å². The summed E-state index contributed by atoms with van der Waals surface area (Å²) in [5, 5.41) is 0. The Morgan fingerprint density at radius 3 is 3.15 bits per heavy atom. The molecule has 6 nitrogen and oxygen atoms in total. The summed E-state index contributed by atoms with van der Waals surface area (Å²) in [5.74, 6) is 1.79. The first kappa shape index (κ1) is 12.6. The van der Waals surface area contributed by atoms with E-state index in [1.807, 2.05) is 0 Å². The van der Waals surface area contributed by atoms with E-state index < -0.39 is 0 Å². The Kier molecular flexibility index (Phi) is 2.97. The van der Waals surface area contributed by atoms with E-state index in [4.69, 9.17) is 10.5 Å².